The fourth-order valence-corrected chi connectivity index (χ4v) is 3.02. The fourth-order valence-electron chi connectivity index (χ4n) is 1.99. The Morgan fingerprint density at radius 1 is 1.38 bits per heavy atom. The monoisotopic (exact) mass is 309 g/mol. The Bertz CT molecular complexity index is 723. The summed E-state index contributed by atoms with van der Waals surface area (Å²) in [5, 5.41) is 9.39. The van der Waals surface area contributed by atoms with Crippen LogP contribution in [0.3, 0.4) is 0 Å². The van der Waals surface area contributed by atoms with E-state index in [1.807, 2.05) is 11.5 Å². The molecule has 2 rings (SSSR count). The highest BCUT2D eigenvalue weighted by Gasteiger charge is 2.18. The van der Waals surface area contributed by atoms with Gasteiger partial charge in [-0.15, -0.1) is 0 Å². The first kappa shape index (κ1) is 15.5. The zero-order valence-electron chi connectivity index (χ0n) is 12.1. The van der Waals surface area contributed by atoms with E-state index >= 15 is 0 Å². The second-order valence-corrected chi connectivity index (χ2v) is 6.53. The molecule has 114 valence electrons. The predicted molar refractivity (Wildman–Crippen MR) is 79.4 cm³/mol. The van der Waals surface area contributed by atoms with Gasteiger partial charge in [-0.1, -0.05) is 19.1 Å². The molecule has 2 aromatic rings. The molecule has 0 spiro atoms. The number of aromatic nitrogens is 2. The van der Waals surface area contributed by atoms with Crippen LogP contribution in [0.25, 0.3) is 0 Å². The van der Waals surface area contributed by atoms with Gasteiger partial charge in [-0.2, -0.15) is 0 Å². The van der Waals surface area contributed by atoms with Crippen LogP contribution in [0.1, 0.15) is 24.7 Å². The summed E-state index contributed by atoms with van der Waals surface area (Å²) >= 11 is 0. The lowest BCUT2D eigenvalue weighted by Crippen LogP contribution is -2.23. The Labute approximate surface area is 124 Å². The minimum atomic E-state index is -3.65. The Morgan fingerprint density at radius 3 is 2.81 bits per heavy atom. The first-order valence-electron chi connectivity index (χ1n) is 6.73. The van der Waals surface area contributed by atoms with Crippen molar-refractivity contribution in [2.75, 3.05) is 0 Å². The topological polar surface area (TPSA) is 84.2 Å². The van der Waals surface area contributed by atoms with Gasteiger partial charge in [-0.25, -0.2) is 18.1 Å². The van der Waals surface area contributed by atoms with Gasteiger partial charge in [0.15, 0.2) is 5.03 Å². The van der Waals surface area contributed by atoms with Gasteiger partial charge in [0, 0.05) is 19.3 Å². The first-order valence-corrected chi connectivity index (χ1v) is 8.22. The maximum absolute atomic E-state index is 12.2. The number of hydrogen-bond donors (Lipinski definition) is 2. The van der Waals surface area contributed by atoms with E-state index in [9.17, 15) is 13.5 Å². The number of aromatic hydroxyl groups is 1. The molecule has 0 unspecified atom stereocenters. The average molecular weight is 309 g/mol. The van der Waals surface area contributed by atoms with Gasteiger partial charge in [0.25, 0.3) is 10.0 Å². The Kier molecular flexibility index (Phi) is 4.64. The van der Waals surface area contributed by atoms with Crippen molar-refractivity contribution in [3.63, 3.8) is 0 Å². The van der Waals surface area contributed by atoms with E-state index in [1.165, 1.54) is 12.1 Å². The number of aryl methyl sites for hydroxylation is 2. The molecular weight excluding hydrogens is 290 g/mol. The second kappa shape index (κ2) is 6.28. The minimum Gasteiger partial charge on any atom is -0.508 e. The van der Waals surface area contributed by atoms with E-state index in [0.717, 1.165) is 13.0 Å². The van der Waals surface area contributed by atoms with Gasteiger partial charge in [0.2, 0.25) is 0 Å². The van der Waals surface area contributed by atoms with E-state index in [0.29, 0.717) is 11.4 Å². The lowest BCUT2D eigenvalue weighted by Gasteiger charge is -2.04. The quantitative estimate of drug-likeness (QED) is 0.852. The average Bonchev–Trinajstić information content (AvgIpc) is 2.80. The van der Waals surface area contributed by atoms with Gasteiger partial charge in [0.05, 0.1) is 0 Å². The van der Waals surface area contributed by atoms with Gasteiger partial charge in [-0.05, 0) is 31.0 Å². The zero-order valence-corrected chi connectivity index (χ0v) is 12.9. The van der Waals surface area contributed by atoms with Gasteiger partial charge in [-0.3, -0.25) is 0 Å². The van der Waals surface area contributed by atoms with Crippen LogP contribution in [0.4, 0.5) is 0 Å². The lowest BCUT2D eigenvalue weighted by atomic mass is 10.2. The van der Waals surface area contributed by atoms with E-state index in [4.69, 9.17) is 0 Å². The molecule has 2 N–H and O–H groups in total. The molecule has 0 radical (unpaired) electrons. The second-order valence-electron chi connectivity index (χ2n) is 4.81. The standard InChI is InChI=1S/C14H19N3O3S/c1-3-7-17-10-14(16-11(17)2)21(19,20)15-9-12-5-4-6-13(18)8-12/h4-6,8,10,15,18H,3,7,9H2,1-2H3. The van der Waals surface area contributed by atoms with Gasteiger partial charge >= 0.3 is 0 Å². The van der Waals surface area contributed by atoms with Crippen molar-refractivity contribution in [3.8, 4) is 5.75 Å². The number of benzene rings is 1. The lowest BCUT2D eigenvalue weighted by molar-refractivity contribution is 0.474. The molecular formula is C14H19N3O3S. The molecule has 7 heteroatoms. The molecule has 1 aromatic heterocycles. The number of sulfonamides is 1. The molecule has 0 aliphatic carbocycles. The number of nitrogens with zero attached hydrogens (tertiary/aromatic N) is 2. The highest BCUT2D eigenvalue weighted by atomic mass is 32.2. The maximum atomic E-state index is 12.2. The molecule has 1 heterocycles. The molecule has 0 atom stereocenters. The van der Waals surface area contributed by atoms with Gasteiger partial charge < -0.3 is 9.67 Å². The summed E-state index contributed by atoms with van der Waals surface area (Å²) in [5.41, 5.74) is 0.684. The minimum absolute atomic E-state index is 0.0219. The first-order chi connectivity index (χ1) is 9.92. The van der Waals surface area contributed by atoms with Crippen molar-refractivity contribution >= 4 is 10.0 Å². The number of rotatable bonds is 6. The van der Waals surface area contributed by atoms with Crippen LogP contribution < -0.4 is 4.72 Å². The molecule has 1 aromatic carbocycles. The molecule has 0 saturated heterocycles. The summed E-state index contributed by atoms with van der Waals surface area (Å²) in [7, 11) is -3.65. The molecule has 0 saturated carbocycles. The smallest absolute Gasteiger partial charge is 0.259 e. The molecule has 0 fully saturated rings. The molecule has 6 nitrogen and oxygen atoms in total. The van der Waals surface area contributed by atoms with Crippen LogP contribution in [-0.2, 0) is 23.1 Å². The summed E-state index contributed by atoms with van der Waals surface area (Å²) in [6.45, 7) is 4.65. The highest BCUT2D eigenvalue weighted by molar-refractivity contribution is 7.89. The van der Waals surface area contributed by atoms with E-state index in [2.05, 4.69) is 9.71 Å². The van der Waals surface area contributed by atoms with Crippen molar-refractivity contribution in [2.45, 2.75) is 38.4 Å². The molecule has 0 aliphatic rings. The third-order valence-corrected chi connectivity index (χ3v) is 4.34. The highest BCUT2D eigenvalue weighted by Crippen LogP contribution is 2.13. The van der Waals surface area contributed by atoms with Crippen LogP contribution in [0.15, 0.2) is 35.5 Å². The largest absolute Gasteiger partial charge is 0.508 e. The fraction of sp³-hybridized carbons (Fsp3) is 0.357. The summed E-state index contributed by atoms with van der Waals surface area (Å²) in [4.78, 5) is 4.09. The summed E-state index contributed by atoms with van der Waals surface area (Å²) < 4.78 is 28.7. The van der Waals surface area contributed by atoms with E-state index < -0.39 is 10.0 Å². The van der Waals surface area contributed by atoms with Crippen molar-refractivity contribution in [1.82, 2.24) is 14.3 Å². The number of phenols is 1. The van der Waals surface area contributed by atoms with Crippen LogP contribution >= 0.6 is 0 Å². The number of imidazole rings is 1. The third-order valence-electron chi connectivity index (χ3n) is 3.07. The van der Waals surface area contributed by atoms with E-state index in [1.54, 1.807) is 25.3 Å². The number of phenolic OH excluding ortho intramolecular Hbond substituents is 1. The Morgan fingerprint density at radius 2 is 2.14 bits per heavy atom. The molecule has 0 amide bonds. The molecule has 0 bridgehead atoms. The van der Waals surface area contributed by atoms with Gasteiger partial charge in [0.1, 0.15) is 11.6 Å². The summed E-state index contributed by atoms with van der Waals surface area (Å²) in [5.74, 6) is 0.782. The van der Waals surface area contributed by atoms with Crippen molar-refractivity contribution in [1.29, 1.82) is 0 Å². The van der Waals surface area contributed by atoms with Crippen LogP contribution in [0, 0.1) is 6.92 Å². The normalized spacial score (nSPS) is 11.7. The van der Waals surface area contributed by atoms with Crippen molar-refractivity contribution < 1.29 is 13.5 Å². The number of hydrogen-bond acceptors (Lipinski definition) is 4. The number of nitrogens with one attached hydrogen (secondary N) is 1. The van der Waals surface area contributed by atoms with Crippen LogP contribution in [0.5, 0.6) is 5.75 Å². The SMILES string of the molecule is CCCn1cc(S(=O)(=O)NCc2cccc(O)c2)nc1C. The summed E-state index contributed by atoms with van der Waals surface area (Å²) in [6.07, 6.45) is 2.46. The van der Waals surface area contributed by atoms with Crippen molar-refractivity contribution in [3.05, 3.63) is 41.9 Å². The van der Waals surface area contributed by atoms with Crippen molar-refractivity contribution in [2.24, 2.45) is 0 Å². The van der Waals surface area contributed by atoms with Crippen LogP contribution in [-0.4, -0.2) is 23.1 Å². The zero-order chi connectivity index (χ0) is 15.5. The predicted octanol–water partition coefficient (Wildman–Crippen LogP) is 1.79. The van der Waals surface area contributed by atoms with E-state index in [-0.39, 0.29) is 17.3 Å². The molecule has 0 aliphatic heterocycles. The molecule has 21 heavy (non-hydrogen) atoms. The maximum Gasteiger partial charge on any atom is 0.259 e. The summed E-state index contributed by atoms with van der Waals surface area (Å²) in [6, 6.07) is 6.46. The Balaban J connectivity index is 2.13. The Hall–Kier alpha value is -1.86. The van der Waals surface area contributed by atoms with Crippen LogP contribution in [0.2, 0.25) is 0 Å². The third kappa shape index (κ3) is 3.83.